The molecule has 0 amide bonds. The van der Waals surface area contributed by atoms with Crippen LogP contribution in [0.25, 0.3) is 11.1 Å². The Kier molecular flexibility index (Phi) is 2.51. The summed E-state index contributed by atoms with van der Waals surface area (Å²) in [5, 5.41) is 0. The van der Waals surface area contributed by atoms with Gasteiger partial charge in [-0.3, -0.25) is 0 Å². The van der Waals surface area contributed by atoms with Crippen molar-refractivity contribution in [3.8, 4) is 0 Å². The zero-order valence-corrected chi connectivity index (χ0v) is 9.74. The quantitative estimate of drug-likeness (QED) is 0.735. The molecule has 2 heteroatoms. The second kappa shape index (κ2) is 3.69. The Morgan fingerprint density at radius 2 is 1.80 bits per heavy atom. The Morgan fingerprint density at radius 3 is 2.40 bits per heavy atom. The van der Waals surface area contributed by atoms with Crippen molar-refractivity contribution in [2.24, 2.45) is 0 Å². The number of benzene rings is 1. The molecule has 0 aliphatic heterocycles. The van der Waals surface area contributed by atoms with Gasteiger partial charge in [0, 0.05) is 5.92 Å². The Balaban J connectivity index is 2.64. The maximum atomic E-state index is 5.81. The Labute approximate surface area is 90.3 Å². The van der Waals surface area contributed by atoms with Crippen LogP contribution in [0, 0.1) is 0 Å². The number of fused-ring (bicyclic) bond motifs is 1. The molecule has 80 valence electrons. The number of para-hydroxylation sites is 1. The van der Waals surface area contributed by atoms with Crippen LogP contribution in [-0.2, 0) is 0 Å². The molecule has 0 N–H and O–H groups in total. The molecule has 0 saturated carbocycles. The highest BCUT2D eigenvalue weighted by Gasteiger charge is 2.13. The van der Waals surface area contributed by atoms with Gasteiger partial charge in [-0.25, -0.2) is 4.98 Å². The van der Waals surface area contributed by atoms with Gasteiger partial charge in [-0.15, -0.1) is 0 Å². The van der Waals surface area contributed by atoms with Crippen molar-refractivity contribution >= 4 is 11.1 Å². The fraction of sp³-hybridized carbons (Fsp3) is 0.462. The van der Waals surface area contributed by atoms with Crippen LogP contribution in [0.1, 0.15) is 51.0 Å². The first-order chi connectivity index (χ1) is 7.09. The Hall–Kier alpha value is -1.31. The van der Waals surface area contributed by atoms with Gasteiger partial charge in [0.2, 0.25) is 0 Å². The molecule has 15 heavy (non-hydrogen) atoms. The fourth-order valence-corrected chi connectivity index (χ4v) is 1.69. The Bertz CT molecular complexity index is 468. The highest BCUT2D eigenvalue weighted by atomic mass is 16.3. The van der Waals surface area contributed by atoms with E-state index in [4.69, 9.17) is 4.42 Å². The van der Waals surface area contributed by atoms with Gasteiger partial charge in [0.15, 0.2) is 11.5 Å². The summed E-state index contributed by atoms with van der Waals surface area (Å²) in [5.74, 6) is 1.65. The number of hydrogen-bond acceptors (Lipinski definition) is 2. The maximum Gasteiger partial charge on any atom is 0.198 e. The van der Waals surface area contributed by atoms with E-state index in [0.717, 1.165) is 17.0 Å². The van der Waals surface area contributed by atoms with E-state index in [1.165, 1.54) is 5.56 Å². The predicted molar refractivity (Wildman–Crippen MR) is 62.2 cm³/mol. The minimum Gasteiger partial charge on any atom is -0.440 e. The van der Waals surface area contributed by atoms with Gasteiger partial charge in [0.1, 0.15) is 5.52 Å². The highest BCUT2D eigenvalue weighted by molar-refractivity contribution is 5.77. The summed E-state index contributed by atoms with van der Waals surface area (Å²) in [4.78, 5) is 4.49. The zero-order chi connectivity index (χ0) is 11.0. The summed E-state index contributed by atoms with van der Waals surface area (Å²) in [5.41, 5.74) is 3.17. The van der Waals surface area contributed by atoms with Crippen LogP contribution < -0.4 is 0 Å². The molecule has 0 aliphatic rings. The van der Waals surface area contributed by atoms with Gasteiger partial charge in [-0.05, 0) is 17.5 Å². The second-order valence-electron chi connectivity index (χ2n) is 4.56. The summed E-state index contributed by atoms with van der Waals surface area (Å²) in [6, 6.07) is 6.17. The summed E-state index contributed by atoms with van der Waals surface area (Å²) < 4.78 is 5.81. The van der Waals surface area contributed by atoms with Crippen molar-refractivity contribution in [1.82, 2.24) is 4.98 Å². The van der Waals surface area contributed by atoms with E-state index >= 15 is 0 Å². The first-order valence-corrected chi connectivity index (χ1v) is 5.49. The van der Waals surface area contributed by atoms with E-state index in [1.54, 1.807) is 0 Å². The van der Waals surface area contributed by atoms with Crippen LogP contribution in [0.15, 0.2) is 22.6 Å². The lowest BCUT2D eigenvalue weighted by atomic mass is 10.0. The number of oxazole rings is 1. The van der Waals surface area contributed by atoms with Gasteiger partial charge in [0.25, 0.3) is 0 Å². The largest absolute Gasteiger partial charge is 0.440 e. The third-order valence-electron chi connectivity index (χ3n) is 2.58. The molecular formula is C13H17NO. The van der Waals surface area contributed by atoms with E-state index in [1.807, 2.05) is 12.1 Å². The fourth-order valence-electron chi connectivity index (χ4n) is 1.69. The van der Waals surface area contributed by atoms with Gasteiger partial charge in [-0.1, -0.05) is 39.8 Å². The van der Waals surface area contributed by atoms with Crippen molar-refractivity contribution in [2.75, 3.05) is 0 Å². The smallest absolute Gasteiger partial charge is 0.198 e. The summed E-state index contributed by atoms with van der Waals surface area (Å²) in [6.07, 6.45) is 0. The molecular weight excluding hydrogens is 186 g/mol. The van der Waals surface area contributed by atoms with E-state index in [0.29, 0.717) is 11.8 Å². The molecule has 1 heterocycles. The zero-order valence-electron chi connectivity index (χ0n) is 9.74. The van der Waals surface area contributed by atoms with Gasteiger partial charge in [-0.2, -0.15) is 0 Å². The van der Waals surface area contributed by atoms with Crippen molar-refractivity contribution in [3.05, 3.63) is 29.7 Å². The molecule has 2 nitrogen and oxygen atoms in total. The van der Waals surface area contributed by atoms with Crippen LogP contribution in [0.3, 0.4) is 0 Å². The molecule has 0 aliphatic carbocycles. The highest BCUT2D eigenvalue weighted by Crippen LogP contribution is 2.28. The van der Waals surface area contributed by atoms with Crippen molar-refractivity contribution in [1.29, 1.82) is 0 Å². The van der Waals surface area contributed by atoms with Crippen LogP contribution in [0.4, 0.5) is 0 Å². The molecule has 0 atom stereocenters. The molecule has 1 aromatic heterocycles. The predicted octanol–water partition coefficient (Wildman–Crippen LogP) is 4.07. The van der Waals surface area contributed by atoms with E-state index in [2.05, 4.69) is 38.7 Å². The molecule has 0 bridgehead atoms. The van der Waals surface area contributed by atoms with Gasteiger partial charge in [0.05, 0.1) is 0 Å². The SMILES string of the molecule is CC(C)c1nc2cccc(C(C)C)c2o1. The molecule has 2 aromatic rings. The molecule has 0 fully saturated rings. The standard InChI is InChI=1S/C13H17NO/c1-8(2)10-6-5-7-11-12(10)15-13(14-11)9(3)4/h5-9H,1-4H3. The molecule has 0 radical (unpaired) electrons. The summed E-state index contributed by atoms with van der Waals surface area (Å²) >= 11 is 0. The van der Waals surface area contributed by atoms with E-state index in [-0.39, 0.29) is 0 Å². The average molecular weight is 203 g/mol. The van der Waals surface area contributed by atoms with E-state index in [9.17, 15) is 0 Å². The number of hydrogen-bond donors (Lipinski definition) is 0. The van der Waals surface area contributed by atoms with Crippen molar-refractivity contribution < 1.29 is 4.42 Å². The second-order valence-corrected chi connectivity index (χ2v) is 4.56. The third-order valence-corrected chi connectivity index (χ3v) is 2.58. The molecule has 0 spiro atoms. The molecule has 1 aromatic carbocycles. The van der Waals surface area contributed by atoms with Crippen LogP contribution >= 0.6 is 0 Å². The van der Waals surface area contributed by atoms with Crippen LogP contribution in [-0.4, -0.2) is 4.98 Å². The number of nitrogens with zero attached hydrogens (tertiary/aromatic N) is 1. The maximum absolute atomic E-state index is 5.81. The lowest BCUT2D eigenvalue weighted by molar-refractivity contribution is 0.498. The average Bonchev–Trinajstić information content (AvgIpc) is 2.60. The monoisotopic (exact) mass is 203 g/mol. The van der Waals surface area contributed by atoms with E-state index < -0.39 is 0 Å². The molecule has 0 saturated heterocycles. The summed E-state index contributed by atoms with van der Waals surface area (Å²) in [7, 11) is 0. The first kappa shape index (κ1) is 10.2. The van der Waals surface area contributed by atoms with Crippen molar-refractivity contribution in [2.45, 2.75) is 39.5 Å². The minimum atomic E-state index is 0.345. The van der Waals surface area contributed by atoms with Gasteiger partial charge < -0.3 is 4.42 Å². The summed E-state index contributed by atoms with van der Waals surface area (Å²) in [6.45, 7) is 8.54. The van der Waals surface area contributed by atoms with Gasteiger partial charge >= 0.3 is 0 Å². The lowest BCUT2D eigenvalue weighted by Crippen LogP contribution is -1.86. The minimum absolute atomic E-state index is 0.345. The van der Waals surface area contributed by atoms with Crippen LogP contribution in [0.2, 0.25) is 0 Å². The topological polar surface area (TPSA) is 26.0 Å². The third kappa shape index (κ3) is 1.76. The van der Waals surface area contributed by atoms with Crippen LogP contribution in [0.5, 0.6) is 0 Å². The molecule has 2 rings (SSSR count). The number of aromatic nitrogens is 1. The molecule has 0 unspecified atom stereocenters. The normalized spacial score (nSPS) is 11.9. The number of rotatable bonds is 2. The first-order valence-electron chi connectivity index (χ1n) is 5.49. The lowest BCUT2D eigenvalue weighted by Gasteiger charge is -2.04. The van der Waals surface area contributed by atoms with Crippen molar-refractivity contribution in [3.63, 3.8) is 0 Å². The Morgan fingerprint density at radius 1 is 1.07 bits per heavy atom.